The van der Waals surface area contributed by atoms with Gasteiger partial charge in [-0.1, -0.05) is 31.4 Å². The highest BCUT2D eigenvalue weighted by atomic mass is 32.2. The molecule has 3 amide bonds. The van der Waals surface area contributed by atoms with Gasteiger partial charge < -0.3 is 15.4 Å². The van der Waals surface area contributed by atoms with Crippen LogP contribution in [0, 0.1) is 16.0 Å². The van der Waals surface area contributed by atoms with E-state index in [4.69, 9.17) is 4.74 Å². The largest absolute Gasteiger partial charge is 0.444 e. The number of hydrogen-bond donors (Lipinski definition) is 2. The maximum absolute atomic E-state index is 13.3. The summed E-state index contributed by atoms with van der Waals surface area (Å²) in [6.45, 7) is 5.51. The summed E-state index contributed by atoms with van der Waals surface area (Å²) in [6, 6.07) is 4.48. The van der Waals surface area contributed by atoms with Gasteiger partial charge in [0.15, 0.2) is 0 Å². The number of carbonyl (C=O) groups is 3. The molecule has 12 heteroatoms. The molecule has 10 nitrogen and oxygen atoms in total. The lowest BCUT2D eigenvalue weighted by Gasteiger charge is -2.28. The van der Waals surface area contributed by atoms with Gasteiger partial charge in [-0.3, -0.25) is 24.6 Å². The minimum absolute atomic E-state index is 0.0201. The van der Waals surface area contributed by atoms with Gasteiger partial charge in [-0.25, -0.2) is 4.79 Å². The van der Waals surface area contributed by atoms with Crippen molar-refractivity contribution in [2.75, 3.05) is 23.1 Å². The molecule has 0 radical (unpaired) electrons. The highest BCUT2D eigenvalue weighted by Crippen LogP contribution is 2.27. The van der Waals surface area contributed by atoms with Crippen molar-refractivity contribution in [2.24, 2.45) is 5.92 Å². The quantitative estimate of drug-likeness (QED) is 0.316. The van der Waals surface area contributed by atoms with Gasteiger partial charge in [-0.2, -0.15) is 11.8 Å². The molecule has 1 saturated heterocycles. The summed E-state index contributed by atoms with van der Waals surface area (Å²) in [6.07, 6.45) is 5.59. The molecule has 1 aliphatic carbocycles. The van der Waals surface area contributed by atoms with Gasteiger partial charge in [0.05, 0.1) is 10.8 Å². The minimum Gasteiger partial charge on any atom is -0.444 e. The van der Waals surface area contributed by atoms with E-state index in [1.54, 1.807) is 44.7 Å². The molecule has 2 atom stereocenters. The molecule has 1 heterocycles. The van der Waals surface area contributed by atoms with E-state index in [2.05, 4.69) is 10.6 Å². The molecule has 0 bridgehead atoms. The lowest BCUT2D eigenvalue weighted by atomic mass is 9.91. The second-order valence-corrected chi connectivity index (χ2v) is 12.8. The molecular formula is C26H38N4O6S2. The van der Waals surface area contributed by atoms with Crippen LogP contribution in [-0.4, -0.2) is 68.6 Å². The van der Waals surface area contributed by atoms with Crippen molar-refractivity contribution in [3.05, 3.63) is 39.9 Å². The summed E-state index contributed by atoms with van der Waals surface area (Å²) in [4.78, 5) is 50.9. The van der Waals surface area contributed by atoms with Crippen LogP contribution in [0.5, 0.6) is 0 Å². The van der Waals surface area contributed by atoms with Gasteiger partial charge >= 0.3 is 6.09 Å². The van der Waals surface area contributed by atoms with Crippen molar-refractivity contribution >= 4 is 47.1 Å². The van der Waals surface area contributed by atoms with Gasteiger partial charge in [0, 0.05) is 30.2 Å². The van der Waals surface area contributed by atoms with E-state index in [-0.39, 0.29) is 24.0 Å². The molecule has 2 fully saturated rings. The van der Waals surface area contributed by atoms with Gasteiger partial charge in [0.2, 0.25) is 11.8 Å². The van der Waals surface area contributed by atoms with Gasteiger partial charge in [0.1, 0.15) is 17.7 Å². The van der Waals surface area contributed by atoms with E-state index < -0.39 is 28.7 Å². The Morgan fingerprint density at radius 2 is 1.87 bits per heavy atom. The number of nitrogens with zero attached hydrogens (tertiary/aromatic N) is 2. The van der Waals surface area contributed by atoms with Crippen molar-refractivity contribution in [1.82, 2.24) is 15.5 Å². The predicted octanol–water partition coefficient (Wildman–Crippen LogP) is 4.32. The van der Waals surface area contributed by atoms with E-state index in [9.17, 15) is 24.5 Å². The van der Waals surface area contributed by atoms with Crippen LogP contribution in [0.3, 0.4) is 0 Å². The number of carbonyl (C=O) groups excluding carboxylic acids is 3. The third-order valence-corrected chi connectivity index (χ3v) is 8.71. The number of amides is 3. The molecule has 2 unspecified atom stereocenters. The summed E-state index contributed by atoms with van der Waals surface area (Å²) in [5, 5.41) is 16.6. The molecule has 210 valence electrons. The van der Waals surface area contributed by atoms with Crippen LogP contribution in [0.4, 0.5) is 10.5 Å². The third-order valence-electron chi connectivity index (χ3n) is 6.42. The molecule has 0 aromatic heterocycles. The van der Waals surface area contributed by atoms with Crippen LogP contribution in [0.25, 0.3) is 0 Å². The van der Waals surface area contributed by atoms with Crippen molar-refractivity contribution < 1.29 is 24.0 Å². The number of nitro groups is 1. The second-order valence-electron chi connectivity index (χ2n) is 10.7. The van der Waals surface area contributed by atoms with E-state index >= 15 is 0 Å². The molecule has 1 saturated carbocycles. The lowest BCUT2D eigenvalue weighted by Crippen LogP contribution is -2.55. The Hall–Kier alpha value is -2.47. The highest BCUT2D eigenvalue weighted by Gasteiger charge is 2.38. The Bertz CT molecular complexity index is 979. The van der Waals surface area contributed by atoms with Crippen LogP contribution < -0.4 is 10.6 Å². The number of thioether (sulfide) groups is 2. The normalized spacial score (nSPS) is 19.0. The Balaban J connectivity index is 1.62. The fraction of sp³-hybridized carbons (Fsp3) is 0.654. The van der Waals surface area contributed by atoms with Crippen LogP contribution >= 0.6 is 23.5 Å². The molecule has 38 heavy (non-hydrogen) atoms. The van der Waals surface area contributed by atoms with E-state index in [1.807, 2.05) is 0 Å². The monoisotopic (exact) mass is 566 g/mol. The number of nitrogens with one attached hydrogen (secondary N) is 2. The fourth-order valence-corrected chi connectivity index (χ4v) is 6.78. The summed E-state index contributed by atoms with van der Waals surface area (Å²) >= 11 is 3.13. The smallest absolute Gasteiger partial charge is 0.411 e. The first-order chi connectivity index (χ1) is 18.0. The zero-order chi connectivity index (χ0) is 27.7. The molecule has 3 rings (SSSR count). The SMILES string of the molecule is CC(C)(C)OC(=O)N1CSCC1C(=O)NC(CSCC1CCCCC1)C(=O)NCc1ccc([N+](=O)[O-])cc1. The highest BCUT2D eigenvalue weighted by molar-refractivity contribution is 7.99. The lowest BCUT2D eigenvalue weighted by molar-refractivity contribution is -0.384. The molecule has 1 aromatic rings. The number of ether oxygens (including phenoxy) is 1. The zero-order valence-electron chi connectivity index (χ0n) is 22.3. The van der Waals surface area contributed by atoms with Crippen LogP contribution in [0.1, 0.15) is 58.4 Å². The summed E-state index contributed by atoms with van der Waals surface area (Å²) in [5.74, 6) is 2.04. The van der Waals surface area contributed by atoms with E-state index in [0.717, 1.165) is 5.75 Å². The van der Waals surface area contributed by atoms with Crippen LogP contribution in [0.2, 0.25) is 0 Å². The standard InChI is InChI=1S/C26H38N4O6S2/c1-26(2,3)36-25(33)29-17-38-16-22(29)24(32)28-21(15-37-14-19-7-5-4-6-8-19)23(31)27-13-18-9-11-20(12-10-18)30(34)35/h9-12,19,21-22H,4-8,13-17H2,1-3H3,(H,27,31)(H,28,32). The minimum atomic E-state index is -0.778. The first-order valence-electron chi connectivity index (χ1n) is 13.0. The van der Waals surface area contributed by atoms with Gasteiger partial charge in [-0.05, 0) is 50.8 Å². The van der Waals surface area contributed by atoms with Crippen molar-refractivity contribution in [3.63, 3.8) is 0 Å². The first-order valence-corrected chi connectivity index (χ1v) is 15.3. The maximum atomic E-state index is 13.3. The zero-order valence-corrected chi connectivity index (χ0v) is 23.9. The van der Waals surface area contributed by atoms with Crippen molar-refractivity contribution in [1.29, 1.82) is 0 Å². The second kappa shape index (κ2) is 14.1. The van der Waals surface area contributed by atoms with Gasteiger partial charge in [0.25, 0.3) is 5.69 Å². The Labute approximate surface area is 232 Å². The average Bonchev–Trinajstić information content (AvgIpc) is 3.37. The van der Waals surface area contributed by atoms with Crippen molar-refractivity contribution in [3.8, 4) is 0 Å². The summed E-state index contributed by atoms with van der Waals surface area (Å²) in [5.41, 5.74) is 0.0157. The summed E-state index contributed by atoms with van der Waals surface area (Å²) < 4.78 is 5.47. The Morgan fingerprint density at radius 1 is 1.18 bits per heavy atom. The molecule has 2 N–H and O–H groups in total. The molecule has 2 aliphatic rings. The van der Waals surface area contributed by atoms with Gasteiger partial charge in [-0.15, -0.1) is 11.8 Å². The molecular weight excluding hydrogens is 528 g/mol. The number of hydrogen-bond acceptors (Lipinski definition) is 8. The third kappa shape index (κ3) is 9.37. The topological polar surface area (TPSA) is 131 Å². The number of nitro benzene ring substituents is 1. The van der Waals surface area contributed by atoms with Crippen LogP contribution in [0.15, 0.2) is 24.3 Å². The molecule has 1 aromatic carbocycles. The number of non-ortho nitro benzene ring substituents is 1. The Morgan fingerprint density at radius 3 is 2.50 bits per heavy atom. The number of rotatable bonds is 10. The average molecular weight is 567 g/mol. The summed E-state index contributed by atoms with van der Waals surface area (Å²) in [7, 11) is 0. The van der Waals surface area contributed by atoms with Crippen LogP contribution in [-0.2, 0) is 20.9 Å². The van der Waals surface area contributed by atoms with E-state index in [1.165, 1.54) is 60.9 Å². The first kappa shape index (κ1) is 30.1. The maximum Gasteiger partial charge on any atom is 0.411 e. The predicted molar refractivity (Wildman–Crippen MR) is 150 cm³/mol. The number of benzene rings is 1. The Kier molecular flexibility index (Phi) is 11.1. The van der Waals surface area contributed by atoms with E-state index in [0.29, 0.717) is 28.9 Å². The molecule has 0 spiro atoms. The van der Waals surface area contributed by atoms with Crippen molar-refractivity contribution in [2.45, 2.75) is 77.1 Å². The molecule has 1 aliphatic heterocycles. The fourth-order valence-electron chi connectivity index (χ4n) is 4.37.